The first-order valence-electron chi connectivity index (χ1n) is 7.89. The highest BCUT2D eigenvalue weighted by Gasteiger charge is 2.20. The van der Waals surface area contributed by atoms with Crippen LogP contribution in [0.4, 0.5) is 4.39 Å². The fourth-order valence-corrected chi connectivity index (χ4v) is 3.74. The Kier molecular flexibility index (Phi) is 5.16. The lowest BCUT2D eigenvalue weighted by molar-refractivity contribution is 0.564. The predicted molar refractivity (Wildman–Crippen MR) is 95.0 cm³/mol. The predicted octanol–water partition coefficient (Wildman–Crippen LogP) is 4.47. The van der Waals surface area contributed by atoms with Crippen LogP contribution in [0.15, 0.2) is 47.4 Å². The second-order valence-electron chi connectivity index (χ2n) is 7.13. The van der Waals surface area contributed by atoms with Gasteiger partial charge in [0.05, 0.1) is 4.90 Å². The monoisotopic (exact) mass is 349 g/mol. The number of nitrogens with one attached hydrogen (secondary N) is 1. The molecule has 0 spiro atoms. The molecule has 0 heterocycles. The second kappa shape index (κ2) is 6.65. The molecule has 0 saturated heterocycles. The molecule has 1 N–H and O–H groups in total. The molecule has 130 valence electrons. The third-order valence-electron chi connectivity index (χ3n) is 4.05. The number of rotatable bonds is 4. The highest BCUT2D eigenvalue weighted by atomic mass is 32.2. The van der Waals surface area contributed by atoms with Crippen LogP contribution in [0.5, 0.6) is 0 Å². The molecule has 0 radical (unpaired) electrons. The Morgan fingerprint density at radius 3 is 2.12 bits per heavy atom. The van der Waals surface area contributed by atoms with Gasteiger partial charge in [-0.15, -0.1) is 0 Å². The third-order valence-corrected chi connectivity index (χ3v) is 5.59. The Balaban J connectivity index is 2.21. The minimum absolute atomic E-state index is 0.0485. The van der Waals surface area contributed by atoms with Crippen molar-refractivity contribution in [2.24, 2.45) is 0 Å². The molecule has 2 aromatic carbocycles. The van der Waals surface area contributed by atoms with E-state index in [1.807, 2.05) is 24.3 Å². The van der Waals surface area contributed by atoms with Gasteiger partial charge in [-0.05, 0) is 54.2 Å². The highest BCUT2D eigenvalue weighted by Crippen LogP contribution is 2.25. The molecule has 0 bridgehead atoms. The van der Waals surface area contributed by atoms with Crippen molar-refractivity contribution in [2.75, 3.05) is 0 Å². The third kappa shape index (κ3) is 4.22. The van der Waals surface area contributed by atoms with E-state index in [9.17, 15) is 12.8 Å². The van der Waals surface area contributed by atoms with E-state index in [4.69, 9.17) is 0 Å². The second-order valence-corrected chi connectivity index (χ2v) is 8.84. The Hall–Kier alpha value is -1.72. The van der Waals surface area contributed by atoms with Crippen LogP contribution in [0, 0.1) is 12.7 Å². The molecule has 2 aromatic rings. The van der Waals surface area contributed by atoms with Crippen LogP contribution >= 0.6 is 0 Å². The first-order chi connectivity index (χ1) is 11.0. The van der Waals surface area contributed by atoms with Crippen molar-refractivity contribution in [3.8, 4) is 0 Å². The van der Waals surface area contributed by atoms with E-state index in [2.05, 4.69) is 25.5 Å². The summed E-state index contributed by atoms with van der Waals surface area (Å²) in [5, 5.41) is 0. The fraction of sp³-hybridized carbons (Fsp3) is 0.368. The lowest BCUT2D eigenvalue weighted by atomic mass is 9.86. The molecule has 3 nitrogen and oxygen atoms in total. The highest BCUT2D eigenvalue weighted by molar-refractivity contribution is 7.89. The number of aryl methyl sites for hydroxylation is 1. The fourth-order valence-electron chi connectivity index (χ4n) is 2.42. The Bertz CT molecular complexity index is 821. The summed E-state index contributed by atoms with van der Waals surface area (Å²) in [6, 6.07) is 11.3. The molecule has 0 aliphatic heterocycles. The average molecular weight is 349 g/mol. The first kappa shape index (κ1) is 18.6. The van der Waals surface area contributed by atoms with Gasteiger partial charge in [-0.3, -0.25) is 0 Å². The summed E-state index contributed by atoms with van der Waals surface area (Å²) in [5.41, 5.74) is 2.42. The van der Waals surface area contributed by atoms with Crippen molar-refractivity contribution < 1.29 is 12.8 Å². The molecular weight excluding hydrogens is 325 g/mol. The summed E-state index contributed by atoms with van der Waals surface area (Å²) in [6.07, 6.45) is 0. The molecule has 0 amide bonds. The van der Waals surface area contributed by atoms with Crippen molar-refractivity contribution in [1.29, 1.82) is 0 Å². The summed E-state index contributed by atoms with van der Waals surface area (Å²) in [6.45, 7) is 9.73. The van der Waals surface area contributed by atoms with E-state index in [0.717, 1.165) is 5.56 Å². The summed E-state index contributed by atoms with van der Waals surface area (Å²) < 4.78 is 40.9. The zero-order valence-corrected chi connectivity index (χ0v) is 15.5. The van der Waals surface area contributed by atoms with Gasteiger partial charge in [-0.2, -0.15) is 0 Å². The Morgan fingerprint density at radius 2 is 1.62 bits per heavy atom. The molecule has 0 aliphatic carbocycles. The summed E-state index contributed by atoms with van der Waals surface area (Å²) in [5.74, 6) is -0.417. The molecule has 1 atom stereocenters. The van der Waals surface area contributed by atoms with Crippen LogP contribution in [-0.4, -0.2) is 8.42 Å². The van der Waals surface area contributed by atoms with E-state index in [0.29, 0.717) is 5.56 Å². The van der Waals surface area contributed by atoms with E-state index < -0.39 is 15.8 Å². The van der Waals surface area contributed by atoms with Crippen molar-refractivity contribution >= 4 is 10.0 Å². The number of hydrogen-bond donors (Lipinski definition) is 1. The summed E-state index contributed by atoms with van der Waals surface area (Å²) in [4.78, 5) is 0.0690. The number of benzene rings is 2. The van der Waals surface area contributed by atoms with Crippen molar-refractivity contribution in [1.82, 2.24) is 4.72 Å². The van der Waals surface area contributed by atoms with Crippen LogP contribution in [-0.2, 0) is 15.4 Å². The van der Waals surface area contributed by atoms with Crippen molar-refractivity contribution in [3.63, 3.8) is 0 Å². The van der Waals surface area contributed by atoms with Crippen molar-refractivity contribution in [2.45, 2.75) is 51.0 Å². The summed E-state index contributed by atoms with van der Waals surface area (Å²) in [7, 11) is -3.70. The minimum atomic E-state index is -3.70. The molecule has 1 unspecified atom stereocenters. The minimum Gasteiger partial charge on any atom is -0.207 e. The normalized spacial score (nSPS) is 13.8. The molecule has 0 saturated carbocycles. The SMILES string of the molecule is Cc1cc(S(=O)(=O)NC(C)c2ccc(C(C)(C)C)cc2)ccc1F. The zero-order chi connectivity index (χ0) is 18.1. The van der Waals surface area contributed by atoms with Gasteiger partial charge in [0, 0.05) is 6.04 Å². The van der Waals surface area contributed by atoms with E-state index in [-0.39, 0.29) is 16.4 Å². The zero-order valence-electron chi connectivity index (χ0n) is 14.7. The molecule has 0 fully saturated rings. The van der Waals surface area contributed by atoms with Gasteiger partial charge in [0.1, 0.15) is 5.82 Å². The van der Waals surface area contributed by atoms with Gasteiger partial charge >= 0.3 is 0 Å². The van der Waals surface area contributed by atoms with Crippen LogP contribution < -0.4 is 4.72 Å². The largest absolute Gasteiger partial charge is 0.241 e. The number of halogens is 1. The molecule has 5 heteroatoms. The number of hydrogen-bond acceptors (Lipinski definition) is 2. The van der Waals surface area contributed by atoms with Crippen LogP contribution in [0.1, 0.15) is 50.4 Å². The van der Waals surface area contributed by atoms with Crippen LogP contribution in [0.3, 0.4) is 0 Å². The smallest absolute Gasteiger partial charge is 0.207 e. The topological polar surface area (TPSA) is 46.2 Å². The molecule has 2 rings (SSSR count). The molecular formula is C19H24FNO2S. The molecule has 0 aliphatic rings. The first-order valence-corrected chi connectivity index (χ1v) is 9.38. The Morgan fingerprint density at radius 1 is 1.04 bits per heavy atom. The molecule has 0 aromatic heterocycles. The Labute approximate surface area is 144 Å². The maximum absolute atomic E-state index is 13.3. The van der Waals surface area contributed by atoms with Gasteiger partial charge < -0.3 is 0 Å². The number of sulfonamides is 1. The van der Waals surface area contributed by atoms with Crippen LogP contribution in [0.2, 0.25) is 0 Å². The standard InChI is InChI=1S/C19H24FNO2S/c1-13-12-17(10-11-18(13)20)24(22,23)21-14(2)15-6-8-16(9-7-15)19(3,4)5/h6-12,14,21H,1-5H3. The van der Waals surface area contributed by atoms with Gasteiger partial charge in [0.15, 0.2) is 0 Å². The van der Waals surface area contributed by atoms with Gasteiger partial charge in [0.2, 0.25) is 10.0 Å². The van der Waals surface area contributed by atoms with Gasteiger partial charge in [-0.25, -0.2) is 17.5 Å². The van der Waals surface area contributed by atoms with Gasteiger partial charge in [-0.1, -0.05) is 45.0 Å². The van der Waals surface area contributed by atoms with Gasteiger partial charge in [0.25, 0.3) is 0 Å². The summed E-state index contributed by atoms with van der Waals surface area (Å²) >= 11 is 0. The van der Waals surface area contributed by atoms with E-state index >= 15 is 0 Å². The van der Waals surface area contributed by atoms with E-state index in [1.165, 1.54) is 23.8 Å². The maximum atomic E-state index is 13.3. The van der Waals surface area contributed by atoms with Crippen LogP contribution in [0.25, 0.3) is 0 Å². The lowest BCUT2D eigenvalue weighted by Crippen LogP contribution is -2.27. The average Bonchev–Trinajstić information content (AvgIpc) is 2.48. The van der Waals surface area contributed by atoms with Crippen molar-refractivity contribution in [3.05, 3.63) is 65.0 Å². The maximum Gasteiger partial charge on any atom is 0.241 e. The van der Waals surface area contributed by atoms with E-state index in [1.54, 1.807) is 13.8 Å². The quantitative estimate of drug-likeness (QED) is 0.885. The lowest BCUT2D eigenvalue weighted by Gasteiger charge is -2.20. The molecule has 24 heavy (non-hydrogen) atoms.